The van der Waals surface area contributed by atoms with Crippen LogP contribution in [0.25, 0.3) is 21.9 Å². The van der Waals surface area contributed by atoms with Crippen LogP contribution in [0.5, 0.6) is 0 Å². The van der Waals surface area contributed by atoms with Gasteiger partial charge in [-0.25, -0.2) is 19.2 Å². The van der Waals surface area contributed by atoms with Crippen molar-refractivity contribution >= 4 is 52.6 Å². The Labute approximate surface area is 445 Å². The van der Waals surface area contributed by atoms with E-state index in [-0.39, 0.29) is 56.9 Å². The lowest BCUT2D eigenvalue weighted by Crippen LogP contribution is -2.53. The van der Waals surface area contributed by atoms with Crippen molar-refractivity contribution in [2.45, 2.75) is 148 Å². The van der Waals surface area contributed by atoms with Gasteiger partial charge in [-0.15, -0.1) is 0 Å². The fourth-order valence-electron chi connectivity index (χ4n) is 8.76. The number of ether oxygens (including phenoxy) is 4. The Morgan fingerprint density at radius 2 is 1.12 bits per heavy atom. The number of hydrogen-bond acceptors (Lipinski definition) is 11. The Kier molecular flexibility index (Phi) is 19.4. The van der Waals surface area contributed by atoms with Crippen LogP contribution in [0.2, 0.25) is 0 Å². The third kappa shape index (κ3) is 17.7. The molecule has 0 radical (unpaired) electrons. The summed E-state index contributed by atoms with van der Waals surface area (Å²) in [6.07, 6.45) is 0.101. The van der Waals surface area contributed by atoms with Crippen LogP contribution in [0.3, 0.4) is 0 Å². The Hall–Kier alpha value is -7.75. The minimum atomic E-state index is -1.24. The van der Waals surface area contributed by atoms with Gasteiger partial charge in [0.05, 0.1) is 0 Å². The Morgan fingerprint density at radius 3 is 1.74 bits per heavy atom. The maximum atomic E-state index is 14.0. The number of carbonyl (C=O) groups is 7. The predicted molar refractivity (Wildman–Crippen MR) is 290 cm³/mol. The van der Waals surface area contributed by atoms with E-state index in [0.29, 0.717) is 18.4 Å². The van der Waals surface area contributed by atoms with Crippen molar-refractivity contribution in [2.24, 2.45) is 0 Å². The molecule has 1 aliphatic carbocycles. The molecule has 16 heteroatoms. The lowest BCUT2D eigenvalue weighted by molar-refractivity contribution is -0.159. The Morgan fingerprint density at radius 1 is 0.539 bits per heavy atom. The van der Waals surface area contributed by atoms with E-state index in [2.05, 4.69) is 50.8 Å². The van der Waals surface area contributed by atoms with Gasteiger partial charge in [0.1, 0.15) is 41.5 Å². The highest BCUT2D eigenvalue weighted by atomic mass is 16.6. The SMILES string of the molecule is CC(C)(C)OC(=O)CC[C@H](NC(=O)N[C@@H](CCCCNC(=O)[C@H](Cc1ccc2ccccc2c1)NC(=O)c1cccc(CNC(=O)OCC2c3ccccc3-c3ccccc32)c1)C(=O)OC(C)(C)C)C(=O)OC(C)(C)C. The Balaban J connectivity index is 1.06. The molecule has 16 nitrogen and oxygen atoms in total. The molecule has 0 aromatic heterocycles. The number of fused-ring (bicyclic) bond motifs is 4. The molecule has 0 unspecified atom stereocenters. The van der Waals surface area contributed by atoms with Crippen LogP contribution in [0, 0.1) is 0 Å². The number of amides is 5. The average Bonchev–Trinajstić information content (AvgIpc) is 3.68. The quantitative estimate of drug-likeness (QED) is 0.0265. The second kappa shape index (κ2) is 25.7. The number of benzene rings is 5. The number of unbranched alkanes of at least 4 members (excludes halogenated alkanes) is 1. The molecule has 76 heavy (non-hydrogen) atoms. The first kappa shape index (κ1) is 57.5. The molecule has 404 valence electrons. The van der Waals surface area contributed by atoms with Gasteiger partial charge in [-0.05, 0) is 144 Å². The number of rotatable bonds is 21. The zero-order valence-electron chi connectivity index (χ0n) is 45.1. The summed E-state index contributed by atoms with van der Waals surface area (Å²) < 4.78 is 22.3. The summed E-state index contributed by atoms with van der Waals surface area (Å²) in [5.74, 6) is -3.05. The fourth-order valence-corrected chi connectivity index (χ4v) is 8.76. The minimum absolute atomic E-state index is 0.0935. The van der Waals surface area contributed by atoms with Crippen LogP contribution < -0.4 is 26.6 Å². The molecule has 1 aliphatic rings. The summed E-state index contributed by atoms with van der Waals surface area (Å²) in [5.41, 5.74) is 3.69. The zero-order valence-corrected chi connectivity index (χ0v) is 45.1. The summed E-state index contributed by atoms with van der Waals surface area (Å²) >= 11 is 0. The number of alkyl carbamates (subject to hydrolysis) is 1. The monoisotopic (exact) mass is 1040 g/mol. The van der Waals surface area contributed by atoms with E-state index in [1.54, 1.807) is 86.6 Å². The second-order valence-corrected chi connectivity index (χ2v) is 22.0. The molecule has 0 fully saturated rings. The second-order valence-electron chi connectivity index (χ2n) is 22.0. The number of carbonyl (C=O) groups excluding carboxylic acids is 7. The smallest absolute Gasteiger partial charge is 0.407 e. The molecule has 5 N–H and O–H groups in total. The van der Waals surface area contributed by atoms with Crippen LogP contribution in [0.1, 0.15) is 133 Å². The molecule has 0 saturated carbocycles. The van der Waals surface area contributed by atoms with Crippen LogP contribution in [-0.4, -0.2) is 89.9 Å². The van der Waals surface area contributed by atoms with Gasteiger partial charge >= 0.3 is 30.0 Å². The van der Waals surface area contributed by atoms with E-state index >= 15 is 0 Å². The lowest BCUT2D eigenvalue weighted by Gasteiger charge is -2.27. The average molecular weight is 1040 g/mol. The Bertz CT molecular complexity index is 2830. The van der Waals surface area contributed by atoms with Gasteiger partial charge in [0.2, 0.25) is 5.91 Å². The van der Waals surface area contributed by atoms with Crippen molar-refractivity contribution in [1.82, 2.24) is 26.6 Å². The van der Waals surface area contributed by atoms with Gasteiger partial charge in [0.25, 0.3) is 5.91 Å². The first-order chi connectivity index (χ1) is 35.9. The van der Waals surface area contributed by atoms with Crippen LogP contribution in [0.15, 0.2) is 115 Å². The highest BCUT2D eigenvalue weighted by Crippen LogP contribution is 2.44. The molecule has 5 aromatic carbocycles. The first-order valence-electron chi connectivity index (χ1n) is 25.9. The van der Waals surface area contributed by atoms with E-state index in [4.69, 9.17) is 18.9 Å². The van der Waals surface area contributed by atoms with Gasteiger partial charge < -0.3 is 45.5 Å². The third-order valence-corrected chi connectivity index (χ3v) is 12.1. The van der Waals surface area contributed by atoms with Gasteiger partial charge in [0, 0.05) is 37.4 Å². The standard InChI is InChI=1S/C60H73N5O11/c1-58(2,3)74-51(66)31-30-49(55(70)76-60(7,8)9)65-56(71)64-48(54(69)75-59(4,5)6)27-16-17-32-61-53(68)50(35-38-28-29-40-20-10-11-21-41(40)33-38)63-52(67)42-22-18-19-39(34-42)36-62-57(72)73-37-47-45-25-14-12-23-43(45)44-24-13-15-26-46(44)47/h10-15,18-26,28-29,33-34,47-50H,16-17,27,30-32,35-37H2,1-9H3,(H,61,68)(H,62,72)(H,63,67)(H2,64,65,71)/t48-,49-,50-/m0/s1. The molecule has 0 spiro atoms. The molecule has 5 aromatic rings. The molecule has 3 atom stereocenters. The van der Waals surface area contributed by atoms with E-state index in [9.17, 15) is 33.6 Å². The summed E-state index contributed by atoms with van der Waals surface area (Å²) in [6, 6.07) is 32.4. The fraction of sp³-hybridized carbons (Fsp3) is 0.417. The van der Waals surface area contributed by atoms with E-state index in [1.165, 1.54) is 0 Å². The first-order valence-corrected chi connectivity index (χ1v) is 25.9. The molecule has 0 aliphatic heterocycles. The number of esters is 3. The maximum Gasteiger partial charge on any atom is 0.407 e. The van der Waals surface area contributed by atoms with Crippen LogP contribution in [-0.2, 0) is 51.1 Å². The third-order valence-electron chi connectivity index (χ3n) is 12.1. The van der Waals surface area contributed by atoms with Crippen molar-refractivity contribution in [3.63, 3.8) is 0 Å². The van der Waals surface area contributed by atoms with Crippen molar-refractivity contribution in [2.75, 3.05) is 13.2 Å². The van der Waals surface area contributed by atoms with Crippen molar-refractivity contribution in [3.8, 4) is 11.1 Å². The lowest BCUT2D eigenvalue weighted by atomic mass is 9.98. The van der Waals surface area contributed by atoms with Gasteiger partial charge in [-0.1, -0.05) is 103 Å². The van der Waals surface area contributed by atoms with Crippen LogP contribution in [0.4, 0.5) is 9.59 Å². The zero-order chi connectivity index (χ0) is 55.2. The van der Waals surface area contributed by atoms with Crippen LogP contribution >= 0.6 is 0 Å². The van der Waals surface area contributed by atoms with E-state index in [1.807, 2.05) is 66.7 Å². The van der Waals surface area contributed by atoms with E-state index in [0.717, 1.165) is 38.6 Å². The highest BCUT2D eigenvalue weighted by Gasteiger charge is 2.33. The summed E-state index contributed by atoms with van der Waals surface area (Å²) in [5, 5.41) is 15.9. The topological polar surface area (TPSA) is 217 Å². The normalized spacial score (nSPS) is 13.4. The maximum absolute atomic E-state index is 14.0. The van der Waals surface area contributed by atoms with E-state index < -0.39 is 76.8 Å². The molecule has 5 amide bonds. The van der Waals surface area contributed by atoms with Crippen molar-refractivity contribution in [3.05, 3.63) is 143 Å². The number of hydrogen-bond donors (Lipinski definition) is 5. The summed E-state index contributed by atoms with van der Waals surface area (Å²) in [6.45, 7) is 15.7. The predicted octanol–water partition coefficient (Wildman–Crippen LogP) is 9.35. The molecule has 0 bridgehead atoms. The highest BCUT2D eigenvalue weighted by molar-refractivity contribution is 5.98. The molecule has 0 heterocycles. The van der Waals surface area contributed by atoms with Crippen molar-refractivity contribution in [1.29, 1.82) is 0 Å². The van der Waals surface area contributed by atoms with Gasteiger partial charge in [-0.2, -0.15) is 0 Å². The van der Waals surface area contributed by atoms with Gasteiger partial charge in [-0.3, -0.25) is 14.4 Å². The largest absolute Gasteiger partial charge is 0.460 e. The molecule has 6 rings (SSSR count). The minimum Gasteiger partial charge on any atom is -0.460 e. The molecular weight excluding hydrogens is 967 g/mol. The molecule has 0 saturated heterocycles. The molecular formula is C60H73N5O11. The summed E-state index contributed by atoms with van der Waals surface area (Å²) in [4.78, 5) is 93.7. The van der Waals surface area contributed by atoms with Crippen molar-refractivity contribution < 1.29 is 52.5 Å². The number of urea groups is 1. The number of nitrogens with one attached hydrogen (secondary N) is 5. The van der Waals surface area contributed by atoms with Gasteiger partial charge in [0.15, 0.2) is 0 Å². The summed E-state index contributed by atoms with van der Waals surface area (Å²) in [7, 11) is 0.